The first-order valence-corrected chi connectivity index (χ1v) is 10.4. The molecule has 0 fully saturated rings. The lowest BCUT2D eigenvalue weighted by Gasteiger charge is -2.22. The highest BCUT2D eigenvalue weighted by molar-refractivity contribution is 5.99. The molecule has 0 heterocycles. The van der Waals surface area contributed by atoms with Crippen molar-refractivity contribution in [1.29, 1.82) is 0 Å². The van der Waals surface area contributed by atoms with Crippen molar-refractivity contribution in [2.24, 2.45) is 11.8 Å². The van der Waals surface area contributed by atoms with Gasteiger partial charge in [0.15, 0.2) is 11.6 Å². The minimum atomic E-state index is -0.0202. The van der Waals surface area contributed by atoms with Gasteiger partial charge in [0.2, 0.25) is 0 Å². The zero-order valence-electron chi connectivity index (χ0n) is 18.9. The SMILES string of the molecule is C=CC(=C)C.C=CC(=C)[C@@H]1CC/C=C/C(=O)/C=C\[C@@H](CC(=O)c2ccccc2)C1.CO. The van der Waals surface area contributed by atoms with Gasteiger partial charge in [0.25, 0.3) is 0 Å². The summed E-state index contributed by atoms with van der Waals surface area (Å²) in [5.41, 5.74) is 2.74. The van der Waals surface area contributed by atoms with Crippen LogP contribution in [-0.4, -0.2) is 23.8 Å². The Morgan fingerprint density at radius 3 is 2.26 bits per heavy atom. The summed E-state index contributed by atoms with van der Waals surface area (Å²) in [4.78, 5) is 24.3. The number of hydrogen-bond donors (Lipinski definition) is 1. The summed E-state index contributed by atoms with van der Waals surface area (Å²) < 4.78 is 0. The standard InChI is InChI=1S/C22H24O2.C5H8.CH4O/c1-3-17(2)20-11-7-8-12-21(23)14-13-18(15-20)16-22(24)19-9-5-4-6-10-19;1-4-5(2)3;1-2/h3-6,8-10,12-14,18,20H,1-2,7,11,15-16H2;4H,1-2H2,3H3;2H,1H3/b12-8+,14-13-;;/t18-,20-;;/m1../s1. The highest BCUT2D eigenvalue weighted by Crippen LogP contribution is 2.29. The second-order valence-corrected chi connectivity index (χ2v) is 7.26. The van der Waals surface area contributed by atoms with Gasteiger partial charge < -0.3 is 5.11 Å². The van der Waals surface area contributed by atoms with Crippen molar-refractivity contribution in [3.8, 4) is 0 Å². The number of carbonyl (C=O) groups is 2. The lowest BCUT2D eigenvalue weighted by Crippen LogP contribution is -2.14. The molecule has 1 aliphatic rings. The number of carbonyl (C=O) groups excluding carboxylic acids is 2. The van der Waals surface area contributed by atoms with E-state index < -0.39 is 0 Å². The van der Waals surface area contributed by atoms with E-state index in [1.54, 1.807) is 24.3 Å². The Hall–Kier alpha value is -3.04. The van der Waals surface area contributed by atoms with Gasteiger partial charge >= 0.3 is 0 Å². The van der Waals surface area contributed by atoms with Crippen LogP contribution in [0, 0.1) is 11.8 Å². The van der Waals surface area contributed by atoms with Crippen molar-refractivity contribution in [3.63, 3.8) is 0 Å². The minimum absolute atomic E-state index is 0.0202. The summed E-state index contributed by atoms with van der Waals surface area (Å²) in [6, 6.07) is 9.30. The molecule has 0 spiro atoms. The highest BCUT2D eigenvalue weighted by atomic mass is 16.2. The number of aliphatic hydroxyl groups is 1. The Balaban J connectivity index is 0.00000113. The Morgan fingerprint density at radius 1 is 1.10 bits per heavy atom. The van der Waals surface area contributed by atoms with Crippen LogP contribution in [0.3, 0.4) is 0 Å². The van der Waals surface area contributed by atoms with E-state index in [1.165, 1.54) is 0 Å². The topological polar surface area (TPSA) is 54.4 Å². The van der Waals surface area contributed by atoms with Gasteiger partial charge in [-0.15, -0.1) is 0 Å². The summed E-state index contributed by atoms with van der Waals surface area (Å²) in [6.07, 6.45) is 13.4. The zero-order chi connectivity index (χ0) is 23.6. The van der Waals surface area contributed by atoms with Crippen molar-refractivity contribution in [2.75, 3.05) is 7.11 Å². The van der Waals surface area contributed by atoms with Gasteiger partial charge in [0.05, 0.1) is 0 Å². The molecule has 0 saturated carbocycles. The van der Waals surface area contributed by atoms with Gasteiger partial charge in [-0.2, -0.15) is 0 Å². The molecule has 0 aromatic heterocycles. The summed E-state index contributed by atoms with van der Waals surface area (Å²) in [5.74, 6) is 0.384. The molecule has 0 aliphatic heterocycles. The van der Waals surface area contributed by atoms with Crippen LogP contribution in [0.15, 0.2) is 104 Å². The van der Waals surface area contributed by atoms with Crippen LogP contribution in [0.2, 0.25) is 0 Å². The van der Waals surface area contributed by atoms with Crippen LogP contribution in [0.1, 0.15) is 43.0 Å². The molecule has 1 aliphatic carbocycles. The van der Waals surface area contributed by atoms with Crippen LogP contribution in [0.25, 0.3) is 0 Å². The molecular formula is C28H36O3. The Bertz CT molecular complexity index is 797. The molecule has 0 saturated heterocycles. The van der Waals surface area contributed by atoms with Crippen LogP contribution in [0.4, 0.5) is 0 Å². The second kappa shape index (κ2) is 16.7. The number of aliphatic hydroxyl groups excluding tert-OH is 1. The first kappa shape index (κ1) is 28.0. The molecule has 1 aromatic carbocycles. The first-order chi connectivity index (χ1) is 14.9. The van der Waals surface area contributed by atoms with Crippen LogP contribution < -0.4 is 0 Å². The van der Waals surface area contributed by atoms with Gasteiger partial charge in [-0.1, -0.05) is 92.1 Å². The summed E-state index contributed by atoms with van der Waals surface area (Å²) in [7, 11) is 1.00. The molecule has 1 aromatic rings. The smallest absolute Gasteiger partial charge is 0.178 e. The Morgan fingerprint density at radius 2 is 1.71 bits per heavy atom. The molecule has 1 N–H and O–H groups in total. The zero-order valence-corrected chi connectivity index (χ0v) is 18.9. The number of ketones is 2. The Labute approximate surface area is 187 Å². The summed E-state index contributed by atoms with van der Waals surface area (Å²) in [6.45, 7) is 16.8. The maximum absolute atomic E-state index is 12.5. The third kappa shape index (κ3) is 12.3. The lowest BCUT2D eigenvalue weighted by atomic mass is 9.82. The fraction of sp³-hybridized carbons (Fsp3) is 0.286. The minimum Gasteiger partial charge on any atom is -0.400 e. The molecule has 0 amide bonds. The van der Waals surface area contributed by atoms with Gasteiger partial charge in [-0.3, -0.25) is 9.59 Å². The van der Waals surface area contributed by atoms with Gasteiger partial charge in [-0.25, -0.2) is 0 Å². The van der Waals surface area contributed by atoms with Gasteiger partial charge in [-0.05, 0) is 50.2 Å². The lowest BCUT2D eigenvalue weighted by molar-refractivity contribution is -0.110. The van der Waals surface area contributed by atoms with E-state index in [-0.39, 0.29) is 23.4 Å². The predicted octanol–water partition coefficient (Wildman–Crippen LogP) is 6.46. The van der Waals surface area contributed by atoms with Crippen molar-refractivity contribution >= 4 is 11.6 Å². The summed E-state index contributed by atoms with van der Waals surface area (Å²) >= 11 is 0. The number of allylic oxidation sites excluding steroid dienone is 8. The van der Waals surface area contributed by atoms with E-state index in [2.05, 4.69) is 26.3 Å². The molecule has 3 nitrogen and oxygen atoms in total. The van der Waals surface area contributed by atoms with Crippen LogP contribution in [-0.2, 0) is 4.79 Å². The quantitative estimate of drug-likeness (QED) is 0.425. The van der Waals surface area contributed by atoms with E-state index >= 15 is 0 Å². The molecule has 31 heavy (non-hydrogen) atoms. The van der Waals surface area contributed by atoms with Gasteiger partial charge in [0.1, 0.15) is 0 Å². The molecule has 0 bridgehead atoms. The average molecular weight is 421 g/mol. The highest BCUT2D eigenvalue weighted by Gasteiger charge is 2.20. The normalized spacial score (nSPS) is 19.8. The average Bonchev–Trinajstić information content (AvgIpc) is 2.80. The monoisotopic (exact) mass is 420 g/mol. The third-order valence-electron chi connectivity index (χ3n) is 4.76. The maximum Gasteiger partial charge on any atom is 0.178 e. The molecule has 166 valence electrons. The second-order valence-electron chi connectivity index (χ2n) is 7.26. The molecule has 2 rings (SSSR count). The molecule has 3 heteroatoms. The Kier molecular flexibility index (Phi) is 15.1. The van der Waals surface area contributed by atoms with E-state index in [0.29, 0.717) is 12.0 Å². The maximum atomic E-state index is 12.5. The summed E-state index contributed by atoms with van der Waals surface area (Å²) in [5, 5.41) is 7.00. The molecule has 0 radical (unpaired) electrons. The van der Waals surface area contributed by atoms with Gasteiger partial charge in [0, 0.05) is 19.1 Å². The van der Waals surface area contributed by atoms with Crippen molar-refractivity contribution < 1.29 is 14.7 Å². The fourth-order valence-electron chi connectivity index (χ4n) is 2.98. The van der Waals surface area contributed by atoms with Crippen LogP contribution in [0.5, 0.6) is 0 Å². The molecule has 0 unspecified atom stereocenters. The van der Waals surface area contributed by atoms with E-state index in [0.717, 1.165) is 37.5 Å². The molecular weight excluding hydrogens is 384 g/mol. The fourth-order valence-corrected chi connectivity index (χ4v) is 2.98. The number of hydrogen-bond acceptors (Lipinski definition) is 3. The number of rotatable bonds is 6. The molecule has 2 atom stereocenters. The first-order valence-electron chi connectivity index (χ1n) is 10.4. The van der Waals surface area contributed by atoms with Crippen molar-refractivity contribution in [3.05, 3.63) is 110 Å². The van der Waals surface area contributed by atoms with E-state index in [1.807, 2.05) is 49.4 Å². The van der Waals surface area contributed by atoms with E-state index in [9.17, 15) is 9.59 Å². The number of benzene rings is 1. The largest absolute Gasteiger partial charge is 0.400 e. The predicted molar refractivity (Wildman–Crippen MR) is 132 cm³/mol. The van der Waals surface area contributed by atoms with E-state index in [4.69, 9.17) is 5.11 Å². The van der Waals surface area contributed by atoms with Crippen molar-refractivity contribution in [2.45, 2.75) is 32.6 Å². The number of Topliss-reactive ketones (excluding diaryl/α,β-unsaturated/α-hetero) is 1. The van der Waals surface area contributed by atoms with Crippen molar-refractivity contribution in [1.82, 2.24) is 0 Å². The van der Waals surface area contributed by atoms with Crippen LogP contribution >= 0.6 is 0 Å². The third-order valence-corrected chi connectivity index (χ3v) is 4.76.